The van der Waals surface area contributed by atoms with E-state index < -0.39 is 10.3 Å². The van der Waals surface area contributed by atoms with E-state index in [0.717, 1.165) is 0 Å². The topological polar surface area (TPSA) is 17.1 Å². The van der Waals surface area contributed by atoms with Gasteiger partial charge in [0.1, 0.15) is 9.37 Å². The zero-order valence-electron chi connectivity index (χ0n) is 7.13. The van der Waals surface area contributed by atoms with Crippen LogP contribution >= 0.6 is 46.4 Å². The summed E-state index contributed by atoms with van der Waals surface area (Å²) >= 11 is 22.9. The summed E-state index contributed by atoms with van der Waals surface area (Å²) in [5, 5.41) is 0.0266. The molecule has 1 unspecified atom stereocenters. The Balaban J connectivity index is 3.15. The van der Waals surface area contributed by atoms with Gasteiger partial charge < -0.3 is 0 Å². The Labute approximate surface area is 97.0 Å². The Kier molecular flexibility index (Phi) is 2.96. The van der Waals surface area contributed by atoms with Crippen molar-refractivity contribution in [2.24, 2.45) is 5.41 Å². The third-order valence-electron chi connectivity index (χ3n) is 2.39. The summed E-state index contributed by atoms with van der Waals surface area (Å²) in [6.45, 7) is 3.70. The highest BCUT2D eigenvalue weighted by atomic mass is 35.5. The standard InChI is InChI=1S/C8H8Cl4O/c1-7(2)3-4(13)8(7,12)5(9)6(10)11/h3H2,1-2H3. The highest BCUT2D eigenvalue weighted by Crippen LogP contribution is 2.57. The number of carbonyl (C=O) groups excluding carboxylic acids is 1. The number of carbonyl (C=O) groups is 1. The van der Waals surface area contributed by atoms with Gasteiger partial charge in [0.15, 0.2) is 5.78 Å². The van der Waals surface area contributed by atoms with Crippen LogP contribution in [0.1, 0.15) is 20.3 Å². The number of Topliss-reactive ketones (excluding diaryl/α,β-unsaturated/α-hetero) is 1. The van der Waals surface area contributed by atoms with Crippen molar-refractivity contribution >= 4 is 52.2 Å². The summed E-state index contributed by atoms with van der Waals surface area (Å²) < 4.78 is -0.141. The number of halogens is 4. The summed E-state index contributed by atoms with van der Waals surface area (Å²) in [6.07, 6.45) is 0.397. The fraction of sp³-hybridized carbons (Fsp3) is 0.625. The van der Waals surface area contributed by atoms with Crippen LogP contribution in [0.3, 0.4) is 0 Å². The molecule has 13 heavy (non-hydrogen) atoms. The third kappa shape index (κ3) is 1.50. The second-order valence-electron chi connectivity index (χ2n) is 3.72. The second-order valence-corrected chi connectivity index (χ2v) is 5.61. The van der Waals surface area contributed by atoms with E-state index in [2.05, 4.69) is 0 Å². The van der Waals surface area contributed by atoms with Gasteiger partial charge in [0.25, 0.3) is 0 Å². The first-order chi connectivity index (χ1) is 5.73. The van der Waals surface area contributed by atoms with Crippen molar-refractivity contribution in [3.8, 4) is 0 Å². The molecule has 0 aliphatic heterocycles. The fourth-order valence-corrected chi connectivity index (χ4v) is 2.43. The number of ketones is 1. The lowest BCUT2D eigenvalue weighted by Crippen LogP contribution is -2.58. The molecule has 1 nitrogen and oxygen atoms in total. The number of rotatable bonds is 1. The maximum absolute atomic E-state index is 11.3. The molecular formula is C8H8Cl4O. The summed E-state index contributed by atoms with van der Waals surface area (Å²) in [7, 11) is 0. The van der Waals surface area contributed by atoms with Crippen LogP contribution in [-0.2, 0) is 4.79 Å². The van der Waals surface area contributed by atoms with E-state index in [4.69, 9.17) is 46.4 Å². The molecule has 0 N–H and O–H groups in total. The lowest BCUT2D eigenvalue weighted by atomic mass is 9.60. The van der Waals surface area contributed by atoms with Gasteiger partial charge in [-0.25, -0.2) is 0 Å². The Hall–Kier alpha value is 0.570. The first kappa shape index (κ1) is 11.6. The van der Waals surface area contributed by atoms with E-state index in [9.17, 15) is 4.79 Å². The number of hydrogen-bond donors (Lipinski definition) is 0. The van der Waals surface area contributed by atoms with Crippen LogP contribution in [0.4, 0.5) is 0 Å². The highest BCUT2D eigenvalue weighted by Gasteiger charge is 2.62. The summed E-state index contributed by atoms with van der Waals surface area (Å²) in [4.78, 5) is 10.1. The molecule has 5 heteroatoms. The van der Waals surface area contributed by atoms with E-state index >= 15 is 0 Å². The SMILES string of the molecule is CC1(C)CC(=O)C1(Cl)C(Cl)=C(Cl)Cl. The van der Waals surface area contributed by atoms with Crippen LogP contribution in [0.25, 0.3) is 0 Å². The van der Waals surface area contributed by atoms with E-state index in [-0.39, 0.29) is 15.3 Å². The van der Waals surface area contributed by atoms with Crippen LogP contribution in [0.15, 0.2) is 9.52 Å². The Morgan fingerprint density at radius 2 is 1.77 bits per heavy atom. The Bertz CT molecular complexity index is 291. The summed E-state index contributed by atoms with van der Waals surface area (Å²) in [5.74, 6) is -0.136. The molecule has 1 aliphatic rings. The predicted octanol–water partition coefficient (Wildman–Crippen LogP) is 3.85. The first-order valence-electron chi connectivity index (χ1n) is 3.67. The number of alkyl halides is 1. The first-order valence-corrected chi connectivity index (χ1v) is 5.18. The van der Waals surface area contributed by atoms with E-state index in [1.807, 2.05) is 13.8 Å². The van der Waals surface area contributed by atoms with Crippen LogP contribution < -0.4 is 0 Å². The van der Waals surface area contributed by atoms with Crippen molar-refractivity contribution in [2.75, 3.05) is 0 Å². The highest BCUT2D eigenvalue weighted by molar-refractivity contribution is 6.62. The average molecular weight is 262 g/mol. The summed E-state index contributed by atoms with van der Waals surface area (Å²) in [6, 6.07) is 0. The quantitative estimate of drug-likeness (QED) is 0.656. The average Bonchev–Trinajstić information content (AvgIpc) is 2.00. The van der Waals surface area contributed by atoms with Crippen molar-refractivity contribution in [3.63, 3.8) is 0 Å². The molecule has 0 heterocycles. The van der Waals surface area contributed by atoms with Gasteiger partial charge in [-0.1, -0.05) is 48.7 Å². The molecule has 0 bridgehead atoms. The normalized spacial score (nSPS) is 31.1. The monoisotopic (exact) mass is 260 g/mol. The molecule has 0 spiro atoms. The Morgan fingerprint density at radius 1 is 1.31 bits per heavy atom. The van der Waals surface area contributed by atoms with Gasteiger partial charge in [0.2, 0.25) is 0 Å². The number of allylic oxidation sites excluding steroid dienone is 1. The molecule has 1 saturated carbocycles. The van der Waals surface area contributed by atoms with Gasteiger partial charge in [-0.15, -0.1) is 11.6 Å². The molecule has 0 saturated heterocycles. The van der Waals surface area contributed by atoms with Crippen LogP contribution in [-0.4, -0.2) is 10.7 Å². The minimum absolute atomic E-state index is 0.0266. The lowest BCUT2D eigenvalue weighted by molar-refractivity contribution is -0.134. The van der Waals surface area contributed by atoms with Crippen molar-refractivity contribution in [2.45, 2.75) is 25.1 Å². The smallest absolute Gasteiger partial charge is 0.160 e. The lowest BCUT2D eigenvalue weighted by Gasteiger charge is -2.49. The molecule has 74 valence electrons. The third-order valence-corrected chi connectivity index (χ3v) is 4.44. The number of hydrogen-bond acceptors (Lipinski definition) is 1. The van der Waals surface area contributed by atoms with Gasteiger partial charge in [-0.05, 0) is 0 Å². The predicted molar refractivity (Wildman–Crippen MR) is 56.6 cm³/mol. The van der Waals surface area contributed by atoms with Gasteiger partial charge in [-0.2, -0.15) is 0 Å². The largest absolute Gasteiger partial charge is 0.297 e. The molecule has 0 aromatic rings. The van der Waals surface area contributed by atoms with Gasteiger partial charge in [0, 0.05) is 11.8 Å². The van der Waals surface area contributed by atoms with Crippen LogP contribution in [0.5, 0.6) is 0 Å². The van der Waals surface area contributed by atoms with Crippen molar-refractivity contribution in [1.82, 2.24) is 0 Å². The van der Waals surface area contributed by atoms with Crippen molar-refractivity contribution in [3.05, 3.63) is 9.52 Å². The maximum atomic E-state index is 11.3. The van der Waals surface area contributed by atoms with Gasteiger partial charge in [-0.3, -0.25) is 4.79 Å². The minimum Gasteiger partial charge on any atom is -0.297 e. The zero-order chi connectivity index (χ0) is 10.4. The van der Waals surface area contributed by atoms with Crippen molar-refractivity contribution in [1.29, 1.82) is 0 Å². The van der Waals surface area contributed by atoms with Crippen LogP contribution in [0, 0.1) is 5.41 Å². The van der Waals surface area contributed by atoms with Crippen LogP contribution in [0.2, 0.25) is 0 Å². The second kappa shape index (κ2) is 3.30. The molecule has 1 fully saturated rings. The van der Waals surface area contributed by atoms with Gasteiger partial charge >= 0.3 is 0 Å². The van der Waals surface area contributed by atoms with Crippen molar-refractivity contribution < 1.29 is 4.79 Å². The zero-order valence-corrected chi connectivity index (χ0v) is 10.2. The minimum atomic E-state index is -1.23. The van der Waals surface area contributed by atoms with E-state index in [0.29, 0.717) is 6.42 Å². The molecule has 1 atom stereocenters. The molecule has 1 rings (SSSR count). The van der Waals surface area contributed by atoms with E-state index in [1.165, 1.54) is 0 Å². The molecule has 0 radical (unpaired) electrons. The molecule has 1 aliphatic carbocycles. The maximum Gasteiger partial charge on any atom is 0.160 e. The fourth-order valence-electron chi connectivity index (χ4n) is 1.47. The molecule has 0 amide bonds. The van der Waals surface area contributed by atoms with Gasteiger partial charge in [0.05, 0.1) is 5.03 Å². The molecule has 0 aromatic carbocycles. The van der Waals surface area contributed by atoms with E-state index in [1.54, 1.807) is 0 Å². The Morgan fingerprint density at radius 3 is 1.92 bits per heavy atom. The molecule has 0 aromatic heterocycles. The molecular weight excluding hydrogens is 254 g/mol. The summed E-state index contributed by atoms with van der Waals surface area (Å²) in [5.41, 5.74) is -0.391.